The third-order valence-corrected chi connectivity index (χ3v) is 7.52. The molecule has 0 amide bonds. The molecule has 4 aromatic carbocycles. The zero-order chi connectivity index (χ0) is 25.0. The predicted molar refractivity (Wildman–Crippen MR) is 156 cm³/mol. The van der Waals surface area contributed by atoms with E-state index in [1.54, 1.807) is 11.3 Å². The third kappa shape index (κ3) is 4.99. The molecule has 0 aliphatic heterocycles. The molecule has 2 aromatic heterocycles. The van der Waals surface area contributed by atoms with E-state index in [-0.39, 0.29) is 6.04 Å². The molecule has 0 aliphatic rings. The molecule has 37 heavy (non-hydrogen) atoms. The number of hydrogen-bond donors (Lipinski definition) is 1. The number of anilines is 1. The van der Waals surface area contributed by atoms with Crippen LogP contribution in [-0.4, -0.2) is 10.2 Å². The summed E-state index contributed by atoms with van der Waals surface area (Å²) < 4.78 is 0. The number of rotatable bonds is 7. The number of benzene rings is 4. The molecule has 1 N–H and O–H groups in total. The van der Waals surface area contributed by atoms with Gasteiger partial charge in [0.05, 0.1) is 11.1 Å². The highest BCUT2D eigenvalue weighted by atomic mass is 35.5. The fourth-order valence-electron chi connectivity index (χ4n) is 4.73. The van der Waals surface area contributed by atoms with E-state index >= 15 is 0 Å². The van der Waals surface area contributed by atoms with E-state index < -0.39 is 0 Å². The van der Waals surface area contributed by atoms with Crippen molar-refractivity contribution in [1.29, 1.82) is 0 Å². The maximum atomic E-state index is 6.54. The molecular weight excluding hydrogens is 494 g/mol. The Hall–Kier alpha value is -3.99. The van der Waals surface area contributed by atoms with Crippen molar-refractivity contribution in [1.82, 2.24) is 10.2 Å². The Bertz CT molecular complexity index is 1630. The first kappa shape index (κ1) is 23.4. The van der Waals surface area contributed by atoms with Crippen LogP contribution >= 0.6 is 22.9 Å². The Labute approximate surface area is 225 Å². The monoisotopic (exact) mass is 517 g/mol. The van der Waals surface area contributed by atoms with Gasteiger partial charge in [-0.2, -0.15) is 11.3 Å². The zero-order valence-electron chi connectivity index (χ0n) is 20.0. The second-order valence-electron chi connectivity index (χ2n) is 8.95. The van der Waals surface area contributed by atoms with E-state index in [0.29, 0.717) is 10.5 Å². The lowest BCUT2D eigenvalue weighted by Gasteiger charge is -2.20. The standard InChI is InChI=1S/C32H24ClN3S/c33-28-16-8-15-27-30(31(35-36-32(27)28)23-11-5-2-6-12-23)24-13-7-14-26(20-24)34-29(25-17-18-37-21-25)19-22-9-3-1-4-10-22/h1-18,20-21,29,34H,19H2. The summed E-state index contributed by atoms with van der Waals surface area (Å²) >= 11 is 8.26. The zero-order valence-corrected chi connectivity index (χ0v) is 21.6. The van der Waals surface area contributed by atoms with Gasteiger partial charge in [-0.3, -0.25) is 0 Å². The lowest BCUT2D eigenvalue weighted by atomic mass is 9.95. The van der Waals surface area contributed by atoms with Crippen LogP contribution in [0.1, 0.15) is 17.2 Å². The number of hydrogen-bond acceptors (Lipinski definition) is 4. The van der Waals surface area contributed by atoms with Gasteiger partial charge in [0.1, 0.15) is 11.2 Å². The molecule has 0 saturated heterocycles. The lowest BCUT2D eigenvalue weighted by molar-refractivity contribution is 0.779. The van der Waals surface area contributed by atoms with E-state index in [9.17, 15) is 0 Å². The minimum atomic E-state index is 0.152. The summed E-state index contributed by atoms with van der Waals surface area (Å²) in [5.74, 6) is 0. The predicted octanol–water partition coefficient (Wildman–Crippen LogP) is 9.07. The SMILES string of the molecule is Clc1cccc2c(-c3cccc(NC(Cc4ccccc4)c4ccsc4)c3)c(-c3ccccc3)nnc12. The Morgan fingerprint density at radius 3 is 2.30 bits per heavy atom. The normalized spacial score (nSPS) is 11.9. The Kier molecular flexibility index (Phi) is 6.68. The van der Waals surface area contributed by atoms with Gasteiger partial charge in [0.2, 0.25) is 0 Å². The molecule has 0 saturated carbocycles. The van der Waals surface area contributed by atoms with Crippen LogP contribution in [0.5, 0.6) is 0 Å². The quantitative estimate of drug-likeness (QED) is 0.229. The second-order valence-corrected chi connectivity index (χ2v) is 10.1. The van der Waals surface area contributed by atoms with Crippen LogP contribution in [-0.2, 0) is 6.42 Å². The van der Waals surface area contributed by atoms with Crippen molar-refractivity contribution in [2.45, 2.75) is 12.5 Å². The van der Waals surface area contributed by atoms with Gasteiger partial charge < -0.3 is 5.32 Å². The minimum Gasteiger partial charge on any atom is -0.378 e. The summed E-state index contributed by atoms with van der Waals surface area (Å²) in [6, 6.07) is 37.6. The van der Waals surface area contributed by atoms with Crippen LogP contribution in [0.25, 0.3) is 33.3 Å². The Morgan fingerprint density at radius 2 is 1.51 bits per heavy atom. The average molecular weight is 518 g/mol. The summed E-state index contributed by atoms with van der Waals surface area (Å²) in [7, 11) is 0. The summed E-state index contributed by atoms with van der Waals surface area (Å²) in [4.78, 5) is 0. The molecule has 1 unspecified atom stereocenters. The second kappa shape index (κ2) is 10.6. The van der Waals surface area contributed by atoms with E-state index in [1.165, 1.54) is 11.1 Å². The van der Waals surface area contributed by atoms with Gasteiger partial charge in [0.15, 0.2) is 0 Å². The molecule has 1 atom stereocenters. The molecule has 0 aliphatic carbocycles. The van der Waals surface area contributed by atoms with Crippen molar-refractivity contribution >= 4 is 39.5 Å². The molecular formula is C32H24ClN3S. The largest absolute Gasteiger partial charge is 0.378 e. The lowest BCUT2D eigenvalue weighted by Crippen LogP contribution is -2.13. The van der Waals surface area contributed by atoms with Crippen LogP contribution in [0.4, 0.5) is 5.69 Å². The van der Waals surface area contributed by atoms with Crippen LogP contribution in [0.2, 0.25) is 5.02 Å². The van der Waals surface area contributed by atoms with Crippen molar-refractivity contribution in [3.63, 3.8) is 0 Å². The van der Waals surface area contributed by atoms with E-state index in [4.69, 9.17) is 11.6 Å². The first-order chi connectivity index (χ1) is 18.3. The molecule has 3 nitrogen and oxygen atoms in total. The third-order valence-electron chi connectivity index (χ3n) is 6.51. The average Bonchev–Trinajstić information content (AvgIpc) is 3.49. The summed E-state index contributed by atoms with van der Waals surface area (Å²) in [6.45, 7) is 0. The maximum absolute atomic E-state index is 6.54. The van der Waals surface area contributed by atoms with Gasteiger partial charge in [0, 0.05) is 22.2 Å². The molecule has 6 aromatic rings. The van der Waals surface area contributed by atoms with Crippen molar-refractivity contribution in [2.75, 3.05) is 5.32 Å². The highest BCUT2D eigenvalue weighted by Gasteiger charge is 2.18. The number of thiophene rings is 1. The number of fused-ring (bicyclic) bond motifs is 1. The van der Waals surface area contributed by atoms with E-state index in [2.05, 4.69) is 105 Å². The highest BCUT2D eigenvalue weighted by Crippen LogP contribution is 2.38. The number of nitrogens with zero attached hydrogens (tertiary/aromatic N) is 2. The number of nitrogens with one attached hydrogen (secondary N) is 1. The van der Waals surface area contributed by atoms with Gasteiger partial charge in [-0.25, -0.2) is 0 Å². The van der Waals surface area contributed by atoms with Gasteiger partial charge in [-0.1, -0.05) is 96.5 Å². The van der Waals surface area contributed by atoms with Crippen LogP contribution in [0, 0.1) is 0 Å². The number of halogens is 1. The smallest absolute Gasteiger partial charge is 0.112 e. The van der Waals surface area contributed by atoms with Crippen molar-refractivity contribution in [3.8, 4) is 22.4 Å². The Morgan fingerprint density at radius 1 is 0.757 bits per heavy atom. The minimum absolute atomic E-state index is 0.152. The van der Waals surface area contributed by atoms with E-state index in [0.717, 1.165) is 39.9 Å². The summed E-state index contributed by atoms with van der Waals surface area (Å²) in [5.41, 5.74) is 8.29. The summed E-state index contributed by atoms with van der Waals surface area (Å²) in [5, 5.41) is 18.9. The van der Waals surface area contributed by atoms with Crippen LogP contribution in [0.15, 0.2) is 120 Å². The molecule has 6 rings (SSSR count). The molecule has 2 heterocycles. The van der Waals surface area contributed by atoms with Gasteiger partial charge in [0.25, 0.3) is 0 Å². The van der Waals surface area contributed by atoms with Gasteiger partial charge >= 0.3 is 0 Å². The molecule has 5 heteroatoms. The van der Waals surface area contributed by atoms with Crippen molar-refractivity contribution in [3.05, 3.63) is 136 Å². The molecule has 0 fully saturated rings. The molecule has 0 bridgehead atoms. The van der Waals surface area contributed by atoms with Crippen LogP contribution < -0.4 is 5.32 Å². The Balaban J connectivity index is 1.44. The van der Waals surface area contributed by atoms with E-state index in [1.807, 2.05) is 30.3 Å². The van der Waals surface area contributed by atoms with Crippen molar-refractivity contribution < 1.29 is 0 Å². The fraction of sp³-hybridized carbons (Fsp3) is 0.0625. The first-order valence-electron chi connectivity index (χ1n) is 12.2. The van der Waals surface area contributed by atoms with Crippen LogP contribution in [0.3, 0.4) is 0 Å². The highest BCUT2D eigenvalue weighted by molar-refractivity contribution is 7.08. The maximum Gasteiger partial charge on any atom is 0.112 e. The molecule has 0 radical (unpaired) electrons. The number of aromatic nitrogens is 2. The van der Waals surface area contributed by atoms with Crippen molar-refractivity contribution in [2.24, 2.45) is 0 Å². The van der Waals surface area contributed by atoms with Gasteiger partial charge in [-0.05, 0) is 58.1 Å². The summed E-state index contributed by atoms with van der Waals surface area (Å²) in [6.07, 6.45) is 0.895. The molecule has 0 spiro atoms. The molecule has 180 valence electrons. The van der Waals surface area contributed by atoms with Gasteiger partial charge in [-0.15, -0.1) is 10.2 Å². The fourth-order valence-corrected chi connectivity index (χ4v) is 5.65. The topological polar surface area (TPSA) is 37.8 Å². The first-order valence-corrected chi connectivity index (χ1v) is 13.5.